The van der Waals surface area contributed by atoms with E-state index in [-0.39, 0.29) is 0 Å². The lowest BCUT2D eigenvalue weighted by atomic mass is 10.1. The Kier molecular flexibility index (Phi) is 3.83. The lowest BCUT2D eigenvalue weighted by molar-refractivity contribution is -0.137. The molecule has 0 aliphatic carbocycles. The highest BCUT2D eigenvalue weighted by Crippen LogP contribution is 2.36. The van der Waals surface area contributed by atoms with Crippen LogP contribution in [0.5, 0.6) is 0 Å². The number of carbonyl (C=O) groups is 1. The van der Waals surface area contributed by atoms with Crippen LogP contribution in [0.4, 0.5) is 13.2 Å². The normalized spacial score (nSPS) is 11.7. The number of nitrogens with one attached hydrogen (secondary N) is 1. The van der Waals surface area contributed by atoms with Crippen LogP contribution in [0.1, 0.15) is 15.9 Å². The van der Waals surface area contributed by atoms with E-state index in [4.69, 9.17) is 5.21 Å². The fourth-order valence-corrected chi connectivity index (χ4v) is 3.26. The molecule has 2 N–H and O–H groups in total. The monoisotopic (exact) mass is 337 g/mol. The maximum atomic E-state index is 12.6. The van der Waals surface area contributed by atoms with Gasteiger partial charge in [0.1, 0.15) is 0 Å². The summed E-state index contributed by atoms with van der Waals surface area (Å²) in [4.78, 5) is 12.2. The van der Waals surface area contributed by atoms with Crippen LogP contribution in [0.25, 0.3) is 20.5 Å². The Morgan fingerprint density at radius 3 is 2.35 bits per heavy atom. The quantitative estimate of drug-likeness (QED) is 0.526. The summed E-state index contributed by atoms with van der Waals surface area (Å²) in [6.45, 7) is 0. The molecule has 2 aromatic carbocycles. The van der Waals surface area contributed by atoms with Crippen molar-refractivity contribution in [2.45, 2.75) is 6.18 Å². The van der Waals surface area contributed by atoms with Crippen LogP contribution in [-0.2, 0) is 6.18 Å². The van der Waals surface area contributed by atoms with Crippen LogP contribution in [0.15, 0.2) is 48.5 Å². The van der Waals surface area contributed by atoms with Crippen LogP contribution in [0, 0.1) is 0 Å². The summed E-state index contributed by atoms with van der Waals surface area (Å²) in [5.74, 6) is -0.616. The Bertz CT molecular complexity index is 869. The number of carbonyl (C=O) groups excluding carboxylic acids is 1. The number of fused-ring (bicyclic) bond motifs is 1. The molecule has 1 heterocycles. The Morgan fingerprint density at radius 2 is 1.74 bits per heavy atom. The Balaban J connectivity index is 1.98. The minimum atomic E-state index is -4.36. The Hall–Kier alpha value is -2.38. The van der Waals surface area contributed by atoms with E-state index in [1.807, 2.05) is 0 Å². The van der Waals surface area contributed by atoms with Crippen molar-refractivity contribution in [2.75, 3.05) is 0 Å². The summed E-state index contributed by atoms with van der Waals surface area (Å²) in [7, 11) is 0. The summed E-state index contributed by atoms with van der Waals surface area (Å²) >= 11 is 1.42. The van der Waals surface area contributed by atoms with Crippen molar-refractivity contribution in [3.05, 3.63) is 59.7 Å². The second kappa shape index (κ2) is 5.68. The number of alkyl halides is 3. The molecule has 3 aromatic rings. The van der Waals surface area contributed by atoms with Crippen LogP contribution in [0.3, 0.4) is 0 Å². The molecule has 1 amide bonds. The van der Waals surface area contributed by atoms with Crippen LogP contribution >= 0.6 is 11.3 Å². The number of hydrogen-bond acceptors (Lipinski definition) is 3. The number of benzene rings is 2. The van der Waals surface area contributed by atoms with Gasteiger partial charge in [-0.05, 0) is 47.3 Å². The molecule has 0 aliphatic rings. The minimum absolute atomic E-state index is 0.303. The maximum absolute atomic E-state index is 12.6. The topological polar surface area (TPSA) is 49.3 Å². The first-order valence-electron chi connectivity index (χ1n) is 6.54. The molecule has 3 nitrogen and oxygen atoms in total. The van der Waals surface area contributed by atoms with Crippen molar-refractivity contribution >= 4 is 27.3 Å². The summed E-state index contributed by atoms with van der Waals surface area (Å²) < 4.78 is 38.7. The maximum Gasteiger partial charge on any atom is 0.416 e. The second-order valence-corrected chi connectivity index (χ2v) is 5.96. The number of hydroxylamine groups is 1. The first-order valence-corrected chi connectivity index (χ1v) is 7.36. The Morgan fingerprint density at radius 1 is 1.04 bits per heavy atom. The molecule has 1 aromatic heterocycles. The third-order valence-corrected chi connectivity index (χ3v) is 4.54. The molecule has 0 spiro atoms. The predicted molar refractivity (Wildman–Crippen MR) is 81.5 cm³/mol. The summed E-state index contributed by atoms with van der Waals surface area (Å²) in [6, 6.07) is 11.7. The van der Waals surface area contributed by atoms with Gasteiger partial charge in [0.15, 0.2) is 0 Å². The zero-order valence-corrected chi connectivity index (χ0v) is 12.3. The van der Waals surface area contributed by atoms with Gasteiger partial charge in [0.25, 0.3) is 5.91 Å². The predicted octanol–water partition coefficient (Wildman–Crippen LogP) is 4.71. The van der Waals surface area contributed by atoms with E-state index >= 15 is 0 Å². The number of rotatable bonds is 2. The second-order valence-electron chi connectivity index (χ2n) is 4.88. The molecular weight excluding hydrogens is 327 g/mol. The molecule has 0 fully saturated rings. The van der Waals surface area contributed by atoms with Gasteiger partial charge in [-0.1, -0.05) is 12.1 Å². The van der Waals surface area contributed by atoms with E-state index < -0.39 is 17.6 Å². The smallest absolute Gasteiger partial charge is 0.288 e. The molecule has 0 saturated heterocycles. The molecule has 0 saturated carbocycles. The zero-order chi connectivity index (χ0) is 16.6. The molecule has 0 atom stereocenters. The highest BCUT2D eigenvalue weighted by molar-refractivity contribution is 7.22. The van der Waals surface area contributed by atoms with E-state index in [1.54, 1.807) is 29.7 Å². The SMILES string of the molecule is O=C(NO)c1ccc2sc(-c3ccc(C(F)(F)F)cc3)cc2c1. The average Bonchev–Trinajstić information content (AvgIpc) is 2.96. The molecule has 118 valence electrons. The van der Waals surface area contributed by atoms with E-state index in [0.29, 0.717) is 11.1 Å². The Labute approximate surface area is 132 Å². The molecule has 0 radical (unpaired) electrons. The van der Waals surface area contributed by atoms with Gasteiger partial charge in [0, 0.05) is 15.1 Å². The van der Waals surface area contributed by atoms with Crippen molar-refractivity contribution < 1.29 is 23.2 Å². The van der Waals surface area contributed by atoms with Gasteiger partial charge in [0.2, 0.25) is 0 Å². The lowest BCUT2D eigenvalue weighted by Crippen LogP contribution is -2.18. The summed E-state index contributed by atoms with van der Waals surface area (Å²) in [5.41, 5.74) is 1.85. The van der Waals surface area contributed by atoms with E-state index in [9.17, 15) is 18.0 Å². The largest absolute Gasteiger partial charge is 0.416 e. The number of hydrogen-bond donors (Lipinski definition) is 2. The van der Waals surface area contributed by atoms with Gasteiger partial charge in [0.05, 0.1) is 5.56 Å². The van der Waals surface area contributed by atoms with Gasteiger partial charge < -0.3 is 0 Å². The fourth-order valence-electron chi connectivity index (χ4n) is 2.21. The number of thiophene rings is 1. The molecule has 7 heteroatoms. The molecule has 0 unspecified atom stereocenters. The van der Waals surface area contributed by atoms with Crippen molar-refractivity contribution in [3.63, 3.8) is 0 Å². The third kappa shape index (κ3) is 3.06. The average molecular weight is 337 g/mol. The first-order chi connectivity index (χ1) is 10.9. The molecule has 23 heavy (non-hydrogen) atoms. The zero-order valence-electron chi connectivity index (χ0n) is 11.5. The molecule has 3 rings (SSSR count). The van der Waals surface area contributed by atoms with Gasteiger partial charge in [-0.2, -0.15) is 13.2 Å². The van der Waals surface area contributed by atoms with Crippen molar-refractivity contribution in [1.82, 2.24) is 5.48 Å². The fraction of sp³-hybridized carbons (Fsp3) is 0.0625. The van der Waals surface area contributed by atoms with Gasteiger partial charge in [-0.25, -0.2) is 5.48 Å². The summed E-state index contributed by atoms with van der Waals surface area (Å²) in [5, 5.41) is 9.43. The first kappa shape index (κ1) is 15.5. The highest BCUT2D eigenvalue weighted by atomic mass is 32.1. The van der Waals surface area contributed by atoms with Gasteiger partial charge >= 0.3 is 6.18 Å². The van der Waals surface area contributed by atoms with Crippen molar-refractivity contribution in [2.24, 2.45) is 0 Å². The molecule has 0 bridgehead atoms. The standard InChI is InChI=1S/C16H10F3NO2S/c17-16(18,19)12-4-1-9(2-5-12)14-8-11-7-10(15(21)20-22)3-6-13(11)23-14/h1-8,22H,(H,20,21). The highest BCUT2D eigenvalue weighted by Gasteiger charge is 2.30. The van der Waals surface area contributed by atoms with E-state index in [0.717, 1.165) is 27.1 Å². The van der Waals surface area contributed by atoms with Gasteiger partial charge in [-0.3, -0.25) is 10.0 Å². The van der Waals surface area contributed by atoms with Gasteiger partial charge in [-0.15, -0.1) is 11.3 Å². The van der Waals surface area contributed by atoms with Crippen molar-refractivity contribution in [3.8, 4) is 10.4 Å². The summed E-state index contributed by atoms with van der Waals surface area (Å²) in [6.07, 6.45) is -4.36. The van der Waals surface area contributed by atoms with Crippen LogP contribution < -0.4 is 5.48 Å². The van der Waals surface area contributed by atoms with Crippen LogP contribution in [-0.4, -0.2) is 11.1 Å². The number of amides is 1. The minimum Gasteiger partial charge on any atom is -0.288 e. The van der Waals surface area contributed by atoms with Crippen molar-refractivity contribution in [1.29, 1.82) is 0 Å². The van der Waals surface area contributed by atoms with Crippen LogP contribution in [0.2, 0.25) is 0 Å². The third-order valence-electron chi connectivity index (χ3n) is 3.38. The molecular formula is C16H10F3NO2S. The van der Waals surface area contributed by atoms with E-state index in [2.05, 4.69) is 0 Å². The molecule has 0 aliphatic heterocycles. The lowest BCUT2D eigenvalue weighted by Gasteiger charge is -2.06. The number of halogens is 3. The van der Waals surface area contributed by atoms with E-state index in [1.165, 1.54) is 23.5 Å².